The van der Waals surface area contributed by atoms with Gasteiger partial charge in [0.05, 0.1) is 32.5 Å². The molecule has 4 aromatic rings. The molecule has 2 unspecified atom stereocenters. The van der Waals surface area contributed by atoms with Crippen molar-refractivity contribution in [3.63, 3.8) is 0 Å². The predicted molar refractivity (Wildman–Crippen MR) is 175 cm³/mol. The Hall–Kier alpha value is -3.71. The number of hydrogen-bond donors (Lipinski definition) is 0. The van der Waals surface area contributed by atoms with E-state index in [4.69, 9.17) is 18.9 Å². The van der Waals surface area contributed by atoms with Crippen LogP contribution < -0.4 is 0 Å². The molecule has 5 rings (SSSR count). The predicted octanol–water partition coefficient (Wildman–Crippen LogP) is 8.27. The molecule has 1 aliphatic heterocycles. The molecule has 6 heteroatoms. The molecule has 1 fully saturated rings. The summed E-state index contributed by atoms with van der Waals surface area (Å²) in [6.45, 7) is 9.83. The molecule has 0 bridgehead atoms. The molecule has 1 amide bonds. The summed E-state index contributed by atoms with van der Waals surface area (Å²) in [6, 6.07) is 33.6. The third kappa shape index (κ3) is 9.39. The minimum Gasteiger partial charge on any atom is -0.444 e. The molecule has 0 aliphatic carbocycles. The number of ether oxygens (including phenoxy) is 4. The Morgan fingerprint density at radius 3 is 2.09 bits per heavy atom. The Morgan fingerprint density at radius 2 is 1.39 bits per heavy atom. The van der Waals surface area contributed by atoms with Crippen molar-refractivity contribution in [3.8, 4) is 0 Å². The number of benzene rings is 4. The van der Waals surface area contributed by atoms with Crippen LogP contribution >= 0.6 is 0 Å². The molecule has 1 aliphatic rings. The van der Waals surface area contributed by atoms with Gasteiger partial charge in [-0.25, -0.2) is 4.79 Å². The molecule has 232 valence electrons. The molecule has 1 saturated heterocycles. The molecule has 0 N–H and O–H groups in total. The second-order valence-corrected chi connectivity index (χ2v) is 12.5. The average molecular weight is 596 g/mol. The lowest BCUT2D eigenvalue weighted by Crippen LogP contribution is -2.48. The maximum atomic E-state index is 12.9. The van der Waals surface area contributed by atoms with E-state index in [-0.39, 0.29) is 18.1 Å². The van der Waals surface area contributed by atoms with E-state index in [0.717, 1.165) is 24.0 Å². The molecule has 0 radical (unpaired) electrons. The van der Waals surface area contributed by atoms with Gasteiger partial charge >= 0.3 is 6.09 Å². The number of likely N-dealkylation sites (tertiary alicyclic amines) is 1. The fraction of sp³-hybridized carbons (Fsp3) is 0.395. The van der Waals surface area contributed by atoms with E-state index in [9.17, 15) is 4.79 Å². The second-order valence-electron chi connectivity index (χ2n) is 12.5. The van der Waals surface area contributed by atoms with E-state index in [1.54, 1.807) is 4.90 Å². The van der Waals surface area contributed by atoms with Crippen LogP contribution in [-0.4, -0.2) is 49.0 Å². The summed E-state index contributed by atoms with van der Waals surface area (Å²) < 4.78 is 23.9. The highest BCUT2D eigenvalue weighted by atomic mass is 16.6. The lowest BCUT2D eigenvalue weighted by Gasteiger charge is -2.39. The van der Waals surface area contributed by atoms with Gasteiger partial charge in [-0.2, -0.15) is 0 Å². The number of carbonyl (C=O) groups is 1. The summed E-state index contributed by atoms with van der Waals surface area (Å²) >= 11 is 0. The first kappa shape index (κ1) is 31.7. The smallest absolute Gasteiger partial charge is 0.410 e. The molecule has 4 aromatic carbocycles. The highest BCUT2D eigenvalue weighted by molar-refractivity contribution is 5.82. The van der Waals surface area contributed by atoms with Crippen LogP contribution in [0.15, 0.2) is 97.1 Å². The van der Waals surface area contributed by atoms with Crippen molar-refractivity contribution in [1.82, 2.24) is 4.90 Å². The van der Waals surface area contributed by atoms with Crippen LogP contribution in [0.25, 0.3) is 10.8 Å². The van der Waals surface area contributed by atoms with Gasteiger partial charge in [0.15, 0.2) is 0 Å². The maximum absolute atomic E-state index is 12.9. The Balaban J connectivity index is 1.15. The zero-order valence-electron chi connectivity index (χ0n) is 26.2. The molecular weight excluding hydrogens is 550 g/mol. The third-order valence-electron chi connectivity index (χ3n) is 7.85. The van der Waals surface area contributed by atoms with E-state index in [2.05, 4.69) is 78.9 Å². The zero-order chi connectivity index (χ0) is 30.8. The van der Waals surface area contributed by atoms with Crippen molar-refractivity contribution in [2.45, 2.75) is 71.1 Å². The quantitative estimate of drug-likeness (QED) is 0.154. The maximum Gasteiger partial charge on any atom is 0.410 e. The Morgan fingerprint density at radius 1 is 0.750 bits per heavy atom. The standard InChI is InChI=1S/C38H45NO5/c1-38(2,3)44-37(40)39-21-20-35(36(25-39)43-28-31-16-17-32-12-7-8-13-34(32)24-31)33-18-14-30(15-19-33)27-42-23-9-22-41-26-29-10-5-4-6-11-29/h4-8,10-19,24,35-36H,9,20-23,25-28H2,1-3H3. The highest BCUT2D eigenvalue weighted by Gasteiger charge is 2.35. The number of fused-ring (bicyclic) bond motifs is 1. The van der Waals surface area contributed by atoms with Crippen LogP contribution in [-0.2, 0) is 38.8 Å². The molecule has 0 saturated carbocycles. The van der Waals surface area contributed by atoms with Crippen LogP contribution in [0.4, 0.5) is 4.79 Å². The average Bonchev–Trinajstić information content (AvgIpc) is 3.03. The monoisotopic (exact) mass is 595 g/mol. The molecule has 0 spiro atoms. The lowest BCUT2D eigenvalue weighted by molar-refractivity contribution is -0.0359. The van der Waals surface area contributed by atoms with E-state index in [1.807, 2.05) is 39.0 Å². The normalized spacial score (nSPS) is 17.1. The number of nitrogens with zero attached hydrogens (tertiary/aromatic N) is 1. The largest absolute Gasteiger partial charge is 0.444 e. The molecular formula is C38H45NO5. The van der Waals surface area contributed by atoms with Gasteiger partial charge in [-0.1, -0.05) is 91.0 Å². The van der Waals surface area contributed by atoms with Gasteiger partial charge < -0.3 is 23.8 Å². The topological polar surface area (TPSA) is 57.2 Å². The van der Waals surface area contributed by atoms with Gasteiger partial charge in [-0.05, 0) is 72.7 Å². The van der Waals surface area contributed by atoms with Gasteiger partial charge in [0.2, 0.25) is 0 Å². The van der Waals surface area contributed by atoms with Crippen LogP contribution in [0.5, 0.6) is 0 Å². The fourth-order valence-electron chi connectivity index (χ4n) is 5.57. The van der Waals surface area contributed by atoms with Crippen LogP contribution in [0.2, 0.25) is 0 Å². The molecule has 44 heavy (non-hydrogen) atoms. The minimum atomic E-state index is -0.539. The Bertz CT molecular complexity index is 1460. The summed E-state index contributed by atoms with van der Waals surface area (Å²) in [5.41, 5.74) is 4.12. The first-order valence-corrected chi connectivity index (χ1v) is 15.7. The second kappa shape index (κ2) is 15.3. The van der Waals surface area contributed by atoms with Crippen LogP contribution in [0.3, 0.4) is 0 Å². The molecule has 6 nitrogen and oxygen atoms in total. The summed E-state index contributed by atoms with van der Waals surface area (Å²) in [6.07, 6.45) is 1.23. The van der Waals surface area contributed by atoms with E-state index in [1.165, 1.54) is 21.9 Å². The van der Waals surface area contributed by atoms with Crippen molar-refractivity contribution < 1.29 is 23.7 Å². The first-order valence-electron chi connectivity index (χ1n) is 15.7. The van der Waals surface area contributed by atoms with Gasteiger partial charge in [0.25, 0.3) is 0 Å². The van der Waals surface area contributed by atoms with Crippen molar-refractivity contribution in [2.24, 2.45) is 0 Å². The van der Waals surface area contributed by atoms with E-state index >= 15 is 0 Å². The SMILES string of the molecule is CC(C)(C)OC(=O)N1CCC(c2ccc(COCCCOCc3ccccc3)cc2)C(OCc2ccc3ccccc3c2)C1. The summed E-state index contributed by atoms with van der Waals surface area (Å²) in [5, 5.41) is 2.41. The molecule has 1 heterocycles. The van der Waals surface area contributed by atoms with Crippen molar-refractivity contribution in [3.05, 3.63) is 119 Å². The van der Waals surface area contributed by atoms with Gasteiger partial charge in [-0.15, -0.1) is 0 Å². The van der Waals surface area contributed by atoms with E-state index in [0.29, 0.717) is 46.1 Å². The van der Waals surface area contributed by atoms with Crippen molar-refractivity contribution in [2.75, 3.05) is 26.3 Å². The van der Waals surface area contributed by atoms with Crippen molar-refractivity contribution >= 4 is 16.9 Å². The zero-order valence-corrected chi connectivity index (χ0v) is 26.2. The van der Waals surface area contributed by atoms with Gasteiger partial charge in [0, 0.05) is 25.7 Å². The number of amides is 1. The number of hydrogen-bond acceptors (Lipinski definition) is 5. The number of piperidine rings is 1. The summed E-state index contributed by atoms with van der Waals surface area (Å²) in [4.78, 5) is 14.7. The Kier molecular flexibility index (Phi) is 11.1. The summed E-state index contributed by atoms with van der Waals surface area (Å²) in [7, 11) is 0. The van der Waals surface area contributed by atoms with Gasteiger partial charge in [0.1, 0.15) is 5.60 Å². The van der Waals surface area contributed by atoms with Crippen LogP contribution in [0.1, 0.15) is 61.8 Å². The first-order chi connectivity index (χ1) is 21.3. The van der Waals surface area contributed by atoms with Gasteiger partial charge in [-0.3, -0.25) is 0 Å². The number of carbonyl (C=O) groups excluding carboxylic acids is 1. The highest BCUT2D eigenvalue weighted by Crippen LogP contribution is 2.32. The number of rotatable bonds is 12. The Labute approximate surface area is 261 Å². The fourth-order valence-corrected chi connectivity index (χ4v) is 5.57. The summed E-state index contributed by atoms with van der Waals surface area (Å²) in [5.74, 6) is 0.172. The minimum absolute atomic E-state index is 0.152. The molecule has 2 atom stereocenters. The van der Waals surface area contributed by atoms with Crippen molar-refractivity contribution in [1.29, 1.82) is 0 Å². The molecule has 0 aromatic heterocycles. The van der Waals surface area contributed by atoms with E-state index < -0.39 is 5.60 Å². The third-order valence-corrected chi connectivity index (χ3v) is 7.85. The lowest BCUT2D eigenvalue weighted by atomic mass is 9.86. The van der Waals surface area contributed by atoms with Crippen LogP contribution in [0, 0.1) is 0 Å².